The number of allylic oxidation sites excluding steroid dienone is 6. The Hall–Kier alpha value is -1.77. The molecule has 10 heteroatoms. The van der Waals surface area contributed by atoms with Crippen LogP contribution in [0.2, 0.25) is 0 Å². The maximum Gasteiger partial charge on any atom is 0.472 e. The van der Waals surface area contributed by atoms with Gasteiger partial charge in [-0.1, -0.05) is 339 Å². The predicted octanol–water partition coefficient (Wildman–Crippen LogP) is 22.7. The van der Waals surface area contributed by atoms with Gasteiger partial charge in [0.15, 0.2) is 6.10 Å². The molecule has 2 atom stereocenters. The van der Waals surface area contributed by atoms with Gasteiger partial charge in [-0.3, -0.25) is 18.6 Å². The Morgan fingerprint density at radius 1 is 0.375 bits per heavy atom. The number of esters is 2. The lowest BCUT2D eigenvalue weighted by molar-refractivity contribution is -0.161. The zero-order valence-corrected chi connectivity index (χ0v) is 54.0. The van der Waals surface area contributed by atoms with Crippen LogP contribution < -0.4 is 5.73 Å². The second kappa shape index (κ2) is 66.4. The number of unbranched alkanes of at least 4 members (excludes halogenated alkanes) is 48. The van der Waals surface area contributed by atoms with Gasteiger partial charge in [-0.2, -0.15) is 0 Å². The summed E-state index contributed by atoms with van der Waals surface area (Å²) >= 11 is 0. The molecule has 0 aromatic rings. The van der Waals surface area contributed by atoms with Crippen molar-refractivity contribution >= 4 is 19.8 Å². The fourth-order valence-corrected chi connectivity index (χ4v) is 11.4. The summed E-state index contributed by atoms with van der Waals surface area (Å²) in [5.41, 5.74) is 5.40. The Kier molecular flexibility index (Phi) is 64.9. The first-order valence-corrected chi connectivity index (χ1v) is 36.5. The number of rotatable bonds is 67. The molecule has 0 saturated carbocycles. The van der Waals surface area contributed by atoms with Gasteiger partial charge < -0.3 is 20.1 Å². The van der Waals surface area contributed by atoms with Gasteiger partial charge >= 0.3 is 19.8 Å². The van der Waals surface area contributed by atoms with E-state index in [1.807, 2.05) is 0 Å². The van der Waals surface area contributed by atoms with Crippen molar-refractivity contribution in [3.05, 3.63) is 36.5 Å². The monoisotopic (exact) mass is 1150 g/mol. The van der Waals surface area contributed by atoms with E-state index in [-0.39, 0.29) is 38.6 Å². The molecule has 0 aromatic heterocycles. The Balaban J connectivity index is 3.79. The molecule has 3 N–H and O–H groups in total. The lowest BCUT2D eigenvalue weighted by Gasteiger charge is -2.19. The molecule has 472 valence electrons. The molecule has 0 aromatic carbocycles. The second-order valence-electron chi connectivity index (χ2n) is 23.8. The quantitative estimate of drug-likeness (QED) is 0.0264. The Morgan fingerprint density at radius 2 is 0.650 bits per heavy atom. The molecule has 0 amide bonds. The summed E-state index contributed by atoms with van der Waals surface area (Å²) in [6.07, 6.45) is 82.5. The van der Waals surface area contributed by atoms with Crippen LogP contribution in [0.15, 0.2) is 36.5 Å². The van der Waals surface area contributed by atoms with Crippen molar-refractivity contribution in [2.45, 2.75) is 373 Å². The van der Waals surface area contributed by atoms with Gasteiger partial charge in [0.2, 0.25) is 0 Å². The van der Waals surface area contributed by atoms with E-state index >= 15 is 0 Å². The molecule has 0 aliphatic carbocycles. The highest BCUT2D eigenvalue weighted by molar-refractivity contribution is 7.47. The Labute approximate surface area is 496 Å². The largest absolute Gasteiger partial charge is 0.472 e. The zero-order valence-electron chi connectivity index (χ0n) is 53.1. The number of carbonyl (C=O) groups is 2. The minimum absolute atomic E-state index is 0.0567. The molecule has 80 heavy (non-hydrogen) atoms. The number of carbonyl (C=O) groups excluding carboxylic acids is 2. The second-order valence-corrected chi connectivity index (χ2v) is 25.2. The van der Waals surface area contributed by atoms with E-state index in [1.165, 1.54) is 289 Å². The molecule has 9 nitrogen and oxygen atoms in total. The van der Waals surface area contributed by atoms with Crippen molar-refractivity contribution in [2.75, 3.05) is 26.4 Å². The highest BCUT2D eigenvalue weighted by Crippen LogP contribution is 2.43. The van der Waals surface area contributed by atoms with Gasteiger partial charge in [0.1, 0.15) is 6.61 Å². The van der Waals surface area contributed by atoms with Crippen molar-refractivity contribution in [2.24, 2.45) is 5.73 Å². The summed E-state index contributed by atoms with van der Waals surface area (Å²) in [5, 5.41) is 0. The topological polar surface area (TPSA) is 134 Å². The number of hydrogen-bond donors (Lipinski definition) is 2. The minimum atomic E-state index is -4.39. The third kappa shape index (κ3) is 65.4. The third-order valence-electron chi connectivity index (χ3n) is 15.8. The maximum atomic E-state index is 12.8. The van der Waals surface area contributed by atoms with Crippen LogP contribution in [-0.2, 0) is 32.7 Å². The standard InChI is InChI=1S/C70H134NO8P/c1-3-5-7-9-11-13-15-17-19-21-23-25-27-28-29-30-31-32-33-34-35-36-37-38-39-40-41-43-45-47-49-51-53-55-57-59-61-63-70(73)79-68(67-78-80(74,75)77-65-64-71)66-76-69(72)62-60-58-56-54-52-50-48-46-44-42-26-24-22-20-18-16-14-12-10-8-6-4-2/h15,17,21,23,27-28,68H,3-14,16,18-20,22,24-26,29-67,71H2,1-2H3,(H,74,75)/b17-15-,23-21-,28-27-. The smallest absolute Gasteiger partial charge is 0.462 e. The summed E-state index contributed by atoms with van der Waals surface area (Å²) in [7, 11) is -4.39. The summed E-state index contributed by atoms with van der Waals surface area (Å²) in [6.45, 7) is 3.81. The molecule has 0 rings (SSSR count). The molecule has 0 aliphatic rings. The van der Waals surface area contributed by atoms with Crippen LogP contribution in [0.4, 0.5) is 0 Å². The van der Waals surface area contributed by atoms with Crippen molar-refractivity contribution in [3.8, 4) is 0 Å². The molecule has 0 aliphatic heterocycles. The van der Waals surface area contributed by atoms with Crippen molar-refractivity contribution in [1.29, 1.82) is 0 Å². The van der Waals surface area contributed by atoms with Gasteiger partial charge in [-0.25, -0.2) is 4.57 Å². The molecule has 2 unspecified atom stereocenters. The van der Waals surface area contributed by atoms with Gasteiger partial charge in [-0.15, -0.1) is 0 Å². The van der Waals surface area contributed by atoms with E-state index < -0.39 is 26.5 Å². The maximum absolute atomic E-state index is 12.8. The van der Waals surface area contributed by atoms with Crippen molar-refractivity contribution in [1.82, 2.24) is 0 Å². The molecule has 0 saturated heterocycles. The van der Waals surface area contributed by atoms with E-state index in [0.29, 0.717) is 6.42 Å². The van der Waals surface area contributed by atoms with E-state index in [0.717, 1.165) is 44.9 Å². The average molecular weight is 1150 g/mol. The van der Waals surface area contributed by atoms with Crippen LogP contribution in [0.25, 0.3) is 0 Å². The minimum Gasteiger partial charge on any atom is -0.462 e. The third-order valence-corrected chi connectivity index (χ3v) is 16.8. The van der Waals surface area contributed by atoms with Crippen LogP contribution in [-0.4, -0.2) is 49.3 Å². The summed E-state index contributed by atoms with van der Waals surface area (Å²) < 4.78 is 33.2. The van der Waals surface area contributed by atoms with Gasteiger partial charge in [0.05, 0.1) is 13.2 Å². The van der Waals surface area contributed by atoms with Crippen LogP contribution in [0.1, 0.15) is 367 Å². The fourth-order valence-electron chi connectivity index (χ4n) is 10.6. The van der Waals surface area contributed by atoms with Gasteiger partial charge in [-0.05, 0) is 51.4 Å². The van der Waals surface area contributed by atoms with E-state index in [2.05, 4.69) is 50.3 Å². The molecular formula is C70H134NO8P. The summed E-state index contributed by atoms with van der Waals surface area (Å²) in [6, 6.07) is 0. The van der Waals surface area contributed by atoms with Gasteiger partial charge in [0.25, 0.3) is 0 Å². The SMILES string of the molecule is CCCCCCC/C=C\C/C=C\C/C=C\CCCCCCCCCCCCCCCCCCCCCCCCC(=O)OC(COC(=O)CCCCCCCCCCCCCCCCCCCCCCCC)COP(=O)(O)OCCN. The van der Waals surface area contributed by atoms with Crippen LogP contribution in [0.5, 0.6) is 0 Å². The normalized spacial score (nSPS) is 13.1. The number of ether oxygens (including phenoxy) is 2. The number of phosphoric acid groups is 1. The van der Waals surface area contributed by atoms with Crippen molar-refractivity contribution in [3.63, 3.8) is 0 Å². The van der Waals surface area contributed by atoms with Crippen LogP contribution >= 0.6 is 7.82 Å². The molecule has 0 spiro atoms. The van der Waals surface area contributed by atoms with Crippen LogP contribution in [0.3, 0.4) is 0 Å². The zero-order chi connectivity index (χ0) is 58.0. The first kappa shape index (κ1) is 78.2. The van der Waals surface area contributed by atoms with E-state index in [1.54, 1.807) is 0 Å². The Bertz CT molecular complexity index is 1400. The predicted molar refractivity (Wildman–Crippen MR) is 344 cm³/mol. The fraction of sp³-hybridized carbons (Fsp3) is 0.886. The Morgan fingerprint density at radius 3 is 0.963 bits per heavy atom. The van der Waals surface area contributed by atoms with E-state index in [4.69, 9.17) is 24.3 Å². The van der Waals surface area contributed by atoms with Crippen LogP contribution in [0, 0.1) is 0 Å². The molecule has 0 fully saturated rings. The number of nitrogens with two attached hydrogens (primary N) is 1. The van der Waals surface area contributed by atoms with Crippen molar-refractivity contribution < 1.29 is 37.6 Å². The first-order valence-electron chi connectivity index (χ1n) is 35.0. The molecular weight excluding hydrogens is 1010 g/mol. The first-order chi connectivity index (χ1) is 39.3. The number of hydrogen-bond acceptors (Lipinski definition) is 8. The highest BCUT2D eigenvalue weighted by atomic mass is 31.2. The molecule has 0 radical (unpaired) electrons. The highest BCUT2D eigenvalue weighted by Gasteiger charge is 2.26. The van der Waals surface area contributed by atoms with Gasteiger partial charge in [0, 0.05) is 19.4 Å². The summed E-state index contributed by atoms with van der Waals surface area (Å²) in [5.74, 6) is -0.803. The summed E-state index contributed by atoms with van der Waals surface area (Å²) in [4.78, 5) is 35.3. The lowest BCUT2D eigenvalue weighted by atomic mass is 10.0. The molecule has 0 heterocycles. The van der Waals surface area contributed by atoms with E-state index in [9.17, 15) is 19.0 Å². The lowest BCUT2D eigenvalue weighted by Crippen LogP contribution is -2.29. The number of phosphoric ester groups is 1. The molecule has 0 bridgehead atoms. The average Bonchev–Trinajstić information content (AvgIpc) is 3.45.